The summed E-state index contributed by atoms with van der Waals surface area (Å²) in [5.41, 5.74) is 1.63. The van der Waals surface area contributed by atoms with Gasteiger partial charge in [0.15, 0.2) is 0 Å². The third-order valence-corrected chi connectivity index (χ3v) is 4.76. The quantitative estimate of drug-likeness (QED) is 0.398. The number of benzene rings is 2. The summed E-state index contributed by atoms with van der Waals surface area (Å²) < 4.78 is 11.4. The highest BCUT2D eigenvalue weighted by molar-refractivity contribution is 5.87. The number of hydrogen-bond donors (Lipinski definition) is 1. The molecule has 2 aromatic rings. The van der Waals surface area contributed by atoms with Crippen molar-refractivity contribution in [2.45, 2.75) is 58.3 Å². The molecule has 0 aliphatic carbocycles. The number of unbranched alkanes of at least 4 members (excludes halogenated alkanes) is 6. The van der Waals surface area contributed by atoms with Crippen molar-refractivity contribution in [3.05, 3.63) is 59.7 Å². The number of ether oxygens (including phenoxy) is 2. The molecule has 0 aromatic heterocycles. The molecule has 4 heteroatoms. The van der Waals surface area contributed by atoms with Crippen molar-refractivity contribution in [2.75, 3.05) is 13.2 Å². The minimum absolute atomic E-state index is 0.284. The van der Waals surface area contributed by atoms with Gasteiger partial charge in [-0.1, -0.05) is 51.2 Å². The number of carboxylic acid groups (broad SMARTS) is 1. The molecule has 0 amide bonds. The Morgan fingerprint density at radius 2 is 1.14 bits per heavy atom. The van der Waals surface area contributed by atoms with Gasteiger partial charge in [-0.3, -0.25) is 0 Å². The Morgan fingerprint density at radius 3 is 1.57 bits per heavy atom. The summed E-state index contributed by atoms with van der Waals surface area (Å²) in [6.07, 6.45) is 9.27. The third-order valence-electron chi connectivity index (χ3n) is 4.76. The lowest BCUT2D eigenvalue weighted by Gasteiger charge is -2.07. The van der Waals surface area contributed by atoms with Crippen LogP contribution in [0.5, 0.6) is 11.5 Å². The Labute approximate surface area is 168 Å². The standard InChI is InChI=1S/C24H32O4/c1-2-20-10-14-22(15-11-20)27-18-8-6-4-3-5-7-9-19-28-23-16-12-21(13-17-23)24(25)26/h10-17H,2-9,18-19H2,1H3,(H,25,26). The smallest absolute Gasteiger partial charge is 0.335 e. The maximum Gasteiger partial charge on any atom is 0.335 e. The molecule has 0 saturated heterocycles. The van der Waals surface area contributed by atoms with Crippen molar-refractivity contribution in [2.24, 2.45) is 0 Å². The normalized spacial score (nSPS) is 10.6. The van der Waals surface area contributed by atoms with Gasteiger partial charge in [0.1, 0.15) is 11.5 Å². The van der Waals surface area contributed by atoms with Gasteiger partial charge in [-0.05, 0) is 61.2 Å². The van der Waals surface area contributed by atoms with E-state index in [1.165, 1.54) is 31.2 Å². The molecule has 1 N–H and O–H groups in total. The fraction of sp³-hybridized carbons (Fsp3) is 0.458. The highest BCUT2D eigenvalue weighted by atomic mass is 16.5. The third kappa shape index (κ3) is 8.47. The van der Waals surface area contributed by atoms with Crippen LogP contribution in [0.1, 0.15) is 67.8 Å². The summed E-state index contributed by atoms with van der Waals surface area (Å²) in [5, 5.41) is 8.86. The average Bonchev–Trinajstić information content (AvgIpc) is 2.72. The zero-order chi connectivity index (χ0) is 20.0. The summed E-state index contributed by atoms with van der Waals surface area (Å²) in [7, 11) is 0. The second kappa shape index (κ2) is 12.8. The minimum Gasteiger partial charge on any atom is -0.494 e. The largest absolute Gasteiger partial charge is 0.494 e. The van der Waals surface area contributed by atoms with Crippen LogP contribution in [-0.4, -0.2) is 24.3 Å². The van der Waals surface area contributed by atoms with E-state index in [1.54, 1.807) is 24.3 Å². The van der Waals surface area contributed by atoms with Crippen LogP contribution >= 0.6 is 0 Å². The van der Waals surface area contributed by atoms with E-state index in [2.05, 4.69) is 31.2 Å². The summed E-state index contributed by atoms with van der Waals surface area (Å²) in [5.74, 6) is 0.785. The van der Waals surface area contributed by atoms with Crippen molar-refractivity contribution in [3.8, 4) is 11.5 Å². The molecular formula is C24H32O4. The molecule has 0 aliphatic rings. The van der Waals surface area contributed by atoms with E-state index >= 15 is 0 Å². The molecule has 4 nitrogen and oxygen atoms in total. The maximum absolute atomic E-state index is 10.8. The Hall–Kier alpha value is -2.49. The number of hydrogen-bond acceptors (Lipinski definition) is 3. The lowest BCUT2D eigenvalue weighted by Crippen LogP contribution is -1.99. The summed E-state index contributed by atoms with van der Waals surface area (Å²) in [6, 6.07) is 14.9. The molecule has 0 radical (unpaired) electrons. The first-order valence-corrected chi connectivity index (χ1v) is 10.4. The van der Waals surface area contributed by atoms with Gasteiger partial charge in [-0.2, -0.15) is 0 Å². The van der Waals surface area contributed by atoms with Gasteiger partial charge in [0.25, 0.3) is 0 Å². The SMILES string of the molecule is CCc1ccc(OCCCCCCCCCOc2ccc(C(=O)O)cc2)cc1. The van der Waals surface area contributed by atoms with E-state index in [0.29, 0.717) is 6.61 Å². The molecule has 0 bridgehead atoms. The van der Waals surface area contributed by atoms with Crippen LogP contribution in [0, 0.1) is 0 Å². The molecule has 2 aromatic carbocycles. The molecular weight excluding hydrogens is 352 g/mol. The number of rotatable bonds is 14. The van der Waals surface area contributed by atoms with E-state index in [4.69, 9.17) is 14.6 Å². The van der Waals surface area contributed by atoms with Crippen molar-refractivity contribution in [3.63, 3.8) is 0 Å². The molecule has 0 saturated carbocycles. The lowest BCUT2D eigenvalue weighted by molar-refractivity contribution is 0.0697. The number of carbonyl (C=O) groups is 1. The Bertz CT molecular complexity index is 677. The number of aromatic carboxylic acids is 1. The predicted octanol–water partition coefficient (Wildman–Crippen LogP) is 6.14. The van der Waals surface area contributed by atoms with Crippen LogP contribution in [0.4, 0.5) is 0 Å². The summed E-state index contributed by atoms with van der Waals surface area (Å²) >= 11 is 0. The Balaban J connectivity index is 1.40. The molecule has 0 spiro atoms. The average molecular weight is 385 g/mol. The van der Waals surface area contributed by atoms with Crippen LogP contribution in [0.25, 0.3) is 0 Å². The van der Waals surface area contributed by atoms with E-state index < -0.39 is 5.97 Å². The molecule has 0 fully saturated rings. The highest BCUT2D eigenvalue weighted by Gasteiger charge is 2.02. The monoisotopic (exact) mass is 384 g/mol. The van der Waals surface area contributed by atoms with Gasteiger partial charge in [0, 0.05) is 0 Å². The van der Waals surface area contributed by atoms with Gasteiger partial charge >= 0.3 is 5.97 Å². The van der Waals surface area contributed by atoms with Gasteiger partial charge < -0.3 is 14.6 Å². The van der Waals surface area contributed by atoms with Gasteiger partial charge in [0.05, 0.1) is 18.8 Å². The molecule has 0 aliphatic heterocycles. The van der Waals surface area contributed by atoms with Crippen LogP contribution in [-0.2, 0) is 6.42 Å². The molecule has 0 unspecified atom stereocenters. The number of aryl methyl sites for hydroxylation is 1. The fourth-order valence-electron chi connectivity index (χ4n) is 2.98. The number of carboxylic acids is 1. The predicted molar refractivity (Wildman–Crippen MR) is 113 cm³/mol. The molecule has 0 atom stereocenters. The van der Waals surface area contributed by atoms with Crippen molar-refractivity contribution in [1.82, 2.24) is 0 Å². The van der Waals surface area contributed by atoms with E-state index in [-0.39, 0.29) is 5.56 Å². The first-order valence-electron chi connectivity index (χ1n) is 10.4. The molecule has 152 valence electrons. The summed E-state index contributed by atoms with van der Waals surface area (Å²) in [4.78, 5) is 10.8. The minimum atomic E-state index is -0.913. The van der Waals surface area contributed by atoms with E-state index in [0.717, 1.165) is 43.8 Å². The van der Waals surface area contributed by atoms with Crippen molar-refractivity contribution < 1.29 is 19.4 Å². The highest BCUT2D eigenvalue weighted by Crippen LogP contribution is 2.15. The first kappa shape index (κ1) is 21.8. The van der Waals surface area contributed by atoms with Crippen LogP contribution < -0.4 is 9.47 Å². The summed E-state index contributed by atoms with van der Waals surface area (Å²) in [6.45, 7) is 3.63. The van der Waals surface area contributed by atoms with Crippen LogP contribution in [0.3, 0.4) is 0 Å². The molecule has 0 heterocycles. The second-order valence-corrected chi connectivity index (χ2v) is 7.00. The first-order chi connectivity index (χ1) is 13.7. The lowest BCUT2D eigenvalue weighted by atomic mass is 10.1. The molecule has 2 rings (SSSR count). The van der Waals surface area contributed by atoms with Gasteiger partial charge in [-0.15, -0.1) is 0 Å². The molecule has 28 heavy (non-hydrogen) atoms. The van der Waals surface area contributed by atoms with Crippen molar-refractivity contribution >= 4 is 5.97 Å². The van der Waals surface area contributed by atoms with Gasteiger partial charge in [-0.25, -0.2) is 4.79 Å². The van der Waals surface area contributed by atoms with Gasteiger partial charge in [0.2, 0.25) is 0 Å². The topological polar surface area (TPSA) is 55.8 Å². The Kier molecular flexibility index (Phi) is 9.98. The van der Waals surface area contributed by atoms with E-state index in [1.807, 2.05) is 0 Å². The van der Waals surface area contributed by atoms with Crippen LogP contribution in [0.2, 0.25) is 0 Å². The second-order valence-electron chi connectivity index (χ2n) is 7.00. The van der Waals surface area contributed by atoms with E-state index in [9.17, 15) is 4.79 Å². The zero-order valence-electron chi connectivity index (χ0n) is 16.9. The van der Waals surface area contributed by atoms with Crippen molar-refractivity contribution in [1.29, 1.82) is 0 Å². The van der Waals surface area contributed by atoms with Crippen LogP contribution in [0.15, 0.2) is 48.5 Å². The Morgan fingerprint density at radius 1 is 0.714 bits per heavy atom. The fourth-order valence-corrected chi connectivity index (χ4v) is 2.98. The zero-order valence-corrected chi connectivity index (χ0v) is 16.9. The maximum atomic E-state index is 10.8.